The van der Waals surface area contributed by atoms with Crippen molar-refractivity contribution in [3.63, 3.8) is 0 Å². The van der Waals surface area contributed by atoms with Crippen LogP contribution in [0.15, 0.2) is 0 Å². The van der Waals surface area contributed by atoms with Gasteiger partial charge in [-0.05, 0) is 0 Å². The average molecular weight is 201 g/mol. The van der Waals surface area contributed by atoms with E-state index in [1.807, 2.05) is 0 Å². The summed E-state index contributed by atoms with van der Waals surface area (Å²) in [5, 5.41) is 0. The summed E-state index contributed by atoms with van der Waals surface area (Å²) < 4.78 is 0. The summed E-state index contributed by atoms with van der Waals surface area (Å²) in [4.78, 5) is 0. The molecular formula is H2AlCl4LiNa-. The molecule has 0 heterocycles. The Bertz CT molecular complexity index is 34.0. The molecule has 0 aliphatic rings. The van der Waals surface area contributed by atoms with E-state index in [0.717, 1.165) is 0 Å². The Hall–Kier alpha value is 3.29. The van der Waals surface area contributed by atoms with Crippen molar-refractivity contribution in [1.82, 2.24) is 0 Å². The molecule has 0 bridgehead atoms. The minimum atomic E-state index is -2.94. The maximum atomic E-state index is 4.99. The van der Waals surface area contributed by atoms with E-state index in [-0.39, 0.29) is 51.3 Å². The van der Waals surface area contributed by atoms with Gasteiger partial charge in [-0.15, -0.1) is 0 Å². The van der Waals surface area contributed by atoms with Gasteiger partial charge < -0.3 is 43.0 Å². The fourth-order valence-electron chi connectivity index (χ4n) is 0. The maximum absolute atomic E-state index is 4.99. The second-order valence-electron chi connectivity index (χ2n) is 0.495. The molecule has 0 amide bonds. The van der Waals surface area contributed by atoms with Crippen LogP contribution in [0.1, 0.15) is 2.85 Å². The van der Waals surface area contributed by atoms with Gasteiger partial charge in [-0.25, -0.2) is 0 Å². The first-order chi connectivity index (χ1) is 2.00. The van der Waals surface area contributed by atoms with Gasteiger partial charge in [-0.2, -0.15) is 0 Å². The van der Waals surface area contributed by atoms with Crippen molar-refractivity contribution in [3.05, 3.63) is 0 Å². The van der Waals surface area contributed by atoms with Gasteiger partial charge in [0.2, 0.25) is 0 Å². The Labute approximate surface area is 99.1 Å². The maximum Gasteiger partial charge on any atom is 1.00 e. The molecule has 0 fully saturated rings. The number of halogens is 4. The molecule has 0 rings (SSSR count). The molecule has 0 unspecified atom stereocenters. The summed E-state index contributed by atoms with van der Waals surface area (Å²) in [7, 11) is 17.0. The fraction of sp³-hybridized carbons (Fsp3) is 0. The van der Waals surface area contributed by atoms with Crippen molar-refractivity contribution >= 4 is 49.6 Å². The molecule has 7 heteroatoms. The standard InChI is InChI=1S/Al.4ClH.Li.Na.2H/h;4*1H;;;;/q+3;;;;;2*+1;2*-1/p-4. The molecule has 0 aliphatic carbocycles. The predicted octanol–water partition coefficient (Wildman–Crippen LogP) is -3.39. The number of rotatable bonds is 0. The van der Waals surface area contributed by atoms with Gasteiger partial charge in [-0.1, -0.05) is 0 Å². The van der Waals surface area contributed by atoms with Crippen LogP contribution in [-0.4, -0.2) is 9.39 Å². The smallest absolute Gasteiger partial charge is 1.00 e. The Kier molecular flexibility index (Phi) is 17.7. The van der Waals surface area contributed by atoms with E-state index >= 15 is 0 Å². The molecule has 0 atom stereocenters. The first kappa shape index (κ1) is 16.7. The van der Waals surface area contributed by atoms with Crippen LogP contribution in [0.25, 0.3) is 0 Å². The first-order valence-corrected chi connectivity index (χ1v) is 7.86. The zero-order valence-corrected chi connectivity index (χ0v) is 10.3. The molecule has 0 saturated carbocycles. The van der Waals surface area contributed by atoms with Gasteiger partial charge in [-0.3, -0.25) is 0 Å². The van der Waals surface area contributed by atoms with Crippen molar-refractivity contribution in [3.8, 4) is 0 Å². The largest absolute Gasteiger partial charge is 1.00 e. The molecule has 7 heavy (non-hydrogen) atoms. The van der Waals surface area contributed by atoms with Crippen molar-refractivity contribution < 1.29 is 51.3 Å². The molecule has 0 N–H and O–H groups in total. The second kappa shape index (κ2) is 7.40. The van der Waals surface area contributed by atoms with E-state index in [2.05, 4.69) is 0 Å². The van der Waals surface area contributed by atoms with Crippen LogP contribution in [-0.2, 0) is 0 Å². The van der Waals surface area contributed by atoms with Crippen LogP contribution >= 0.6 is 40.2 Å². The van der Waals surface area contributed by atoms with E-state index in [0.29, 0.717) is 0 Å². The minimum absolute atomic E-state index is 0. The van der Waals surface area contributed by atoms with Crippen LogP contribution in [0.3, 0.4) is 0 Å². The van der Waals surface area contributed by atoms with Gasteiger partial charge in [0.05, 0.1) is 0 Å². The molecule has 0 radical (unpaired) electrons. The van der Waals surface area contributed by atoms with Crippen molar-refractivity contribution in [2.45, 2.75) is 0 Å². The van der Waals surface area contributed by atoms with E-state index in [9.17, 15) is 0 Å². The normalized spacial score (nSPS) is 8.57. The van der Waals surface area contributed by atoms with Gasteiger partial charge in [0.25, 0.3) is 0 Å². The van der Waals surface area contributed by atoms with Crippen molar-refractivity contribution in [2.75, 3.05) is 0 Å². The Morgan fingerprint density at radius 3 is 1.00 bits per heavy atom. The van der Waals surface area contributed by atoms with Crippen LogP contribution in [0, 0.1) is 0 Å². The van der Waals surface area contributed by atoms with Gasteiger partial charge >= 0.3 is 57.8 Å². The van der Waals surface area contributed by atoms with Crippen LogP contribution in [0.4, 0.5) is 0 Å². The summed E-state index contributed by atoms with van der Waals surface area (Å²) in [6, 6.07) is 0. The van der Waals surface area contributed by atoms with Gasteiger partial charge in [0, 0.05) is 0 Å². The zero-order valence-electron chi connectivity index (χ0n) is 6.09. The molecule has 0 spiro atoms. The van der Waals surface area contributed by atoms with Gasteiger partial charge in [0.1, 0.15) is 0 Å². The first-order valence-electron chi connectivity index (χ1n) is 0.873. The van der Waals surface area contributed by atoms with Crippen LogP contribution < -0.4 is 48.4 Å². The van der Waals surface area contributed by atoms with E-state index in [4.69, 9.17) is 40.2 Å². The van der Waals surface area contributed by atoms with Crippen molar-refractivity contribution in [2.24, 2.45) is 0 Å². The van der Waals surface area contributed by atoms with E-state index < -0.39 is 9.39 Å². The molecule has 36 valence electrons. The fourth-order valence-corrected chi connectivity index (χ4v) is 0. The molecule has 0 saturated heterocycles. The molecule has 0 nitrogen and oxygen atoms in total. The average Bonchev–Trinajstić information content (AvgIpc) is 0.722. The predicted molar refractivity (Wildman–Crippen MR) is 31.4 cm³/mol. The van der Waals surface area contributed by atoms with E-state index in [1.54, 1.807) is 0 Å². The Morgan fingerprint density at radius 2 is 1.00 bits per heavy atom. The second-order valence-corrected chi connectivity index (χ2v) is 13.4. The SMILES string of the molecule is [Cl][Al-]([Cl])([Cl])[Cl].[H-].[H-].[Li+].[Na+]. The topological polar surface area (TPSA) is 0 Å². The van der Waals surface area contributed by atoms with E-state index in [1.165, 1.54) is 0 Å². The molecule has 0 aromatic heterocycles. The van der Waals surface area contributed by atoms with Gasteiger partial charge in [0.15, 0.2) is 0 Å². The zero-order chi connectivity index (χ0) is 4.50. The molecule has 0 aliphatic heterocycles. The Morgan fingerprint density at radius 1 is 1.00 bits per heavy atom. The molecular weight excluding hydrogens is 199 g/mol. The summed E-state index contributed by atoms with van der Waals surface area (Å²) in [6.07, 6.45) is 0. The van der Waals surface area contributed by atoms with Crippen LogP contribution in [0.2, 0.25) is 0 Å². The summed E-state index contributed by atoms with van der Waals surface area (Å²) in [5.41, 5.74) is 0. The third kappa shape index (κ3) is 45.6. The van der Waals surface area contributed by atoms with Crippen molar-refractivity contribution in [1.29, 1.82) is 0 Å². The minimum Gasteiger partial charge on any atom is -1.00 e. The number of hydrogen-bond donors (Lipinski definition) is 0. The summed E-state index contributed by atoms with van der Waals surface area (Å²) in [6.45, 7) is 0. The molecule has 0 aromatic rings. The summed E-state index contributed by atoms with van der Waals surface area (Å²) in [5.74, 6) is 0. The summed E-state index contributed by atoms with van der Waals surface area (Å²) >= 11 is 0. The van der Waals surface area contributed by atoms with Crippen LogP contribution in [0.5, 0.6) is 0 Å². The third-order valence-corrected chi connectivity index (χ3v) is 0. The monoisotopic (exact) mass is 199 g/mol. The molecule has 0 aromatic carbocycles. The Balaban J connectivity index is -0.0000000133. The third-order valence-electron chi connectivity index (χ3n) is 0. The number of hydrogen-bond acceptors (Lipinski definition) is 0. The quantitative estimate of drug-likeness (QED) is 0.358.